The summed E-state index contributed by atoms with van der Waals surface area (Å²) in [6, 6.07) is 18.9. The topological polar surface area (TPSA) is 323 Å². The maximum Gasteiger partial charge on any atom is 0.356 e. The minimum atomic E-state index is -4.66. The smallest absolute Gasteiger partial charge is 0.356 e. The molecule has 0 amide bonds. The van der Waals surface area contributed by atoms with Crippen molar-refractivity contribution in [2.75, 3.05) is 36.0 Å². The number of aliphatic carboxylic acids is 2. The third-order valence-corrected chi connectivity index (χ3v) is 21.0. The van der Waals surface area contributed by atoms with Crippen LogP contribution in [0.3, 0.4) is 0 Å². The summed E-state index contributed by atoms with van der Waals surface area (Å²) in [7, 11) is -18.2. The molecule has 4 aromatic rings. The lowest BCUT2D eigenvalue weighted by Gasteiger charge is -2.26. The zero-order valence-corrected chi connectivity index (χ0v) is 55.0. The Hall–Kier alpha value is -5.94. The third kappa shape index (κ3) is 14.8. The molecular formula is C64H82N4O16P4. The van der Waals surface area contributed by atoms with Crippen molar-refractivity contribution in [2.24, 2.45) is 0 Å². The Labute approximate surface area is 515 Å². The molecule has 4 aliphatic rings. The van der Waals surface area contributed by atoms with E-state index in [1.165, 1.54) is 30.3 Å². The van der Waals surface area contributed by atoms with Gasteiger partial charge in [0.15, 0.2) is 26.6 Å². The molecule has 0 radical (unpaired) electrons. The van der Waals surface area contributed by atoms with Crippen LogP contribution in [0.5, 0.6) is 0 Å². The highest BCUT2D eigenvalue weighted by Gasteiger charge is 2.47. The van der Waals surface area contributed by atoms with Crippen molar-refractivity contribution < 1.29 is 86.4 Å². The number of anilines is 2. The van der Waals surface area contributed by atoms with E-state index < -0.39 is 64.0 Å². The van der Waals surface area contributed by atoms with E-state index in [0.717, 1.165) is 93.5 Å². The van der Waals surface area contributed by atoms with Crippen LogP contribution < -0.4 is 40.8 Å². The minimum absolute atomic E-state index is 0.0303. The Morgan fingerprint density at radius 1 is 0.466 bits per heavy atom. The van der Waals surface area contributed by atoms with Gasteiger partial charge in [0.1, 0.15) is 13.1 Å². The number of carboxylic acid groups (broad SMARTS) is 2. The molecule has 474 valence electrons. The number of hydrogen-bond donors (Lipinski definition) is 8. The fraction of sp³-hybridized carbons (Fsp3) is 0.406. The van der Waals surface area contributed by atoms with Gasteiger partial charge in [-0.2, -0.15) is 9.15 Å². The Morgan fingerprint density at radius 3 is 1.17 bits per heavy atom. The molecule has 2 atom stereocenters. The molecular weight excluding hydrogens is 1200 g/mol. The number of carboxylic acids is 2. The van der Waals surface area contributed by atoms with Crippen molar-refractivity contribution in [2.45, 2.75) is 142 Å². The first kappa shape index (κ1) is 69.5. The van der Waals surface area contributed by atoms with E-state index in [1.54, 1.807) is 42.5 Å². The highest BCUT2D eigenvalue weighted by atomic mass is 31.2. The summed E-state index contributed by atoms with van der Waals surface area (Å²) < 4.78 is 52.1. The zero-order valence-electron chi connectivity index (χ0n) is 51.5. The van der Waals surface area contributed by atoms with Gasteiger partial charge in [-0.25, -0.2) is 0 Å². The molecule has 88 heavy (non-hydrogen) atoms. The molecule has 0 aliphatic carbocycles. The fourth-order valence-electron chi connectivity index (χ4n) is 12.6. The standard InChI is InChI=1S/C33H42N2O8P2.C31H40N2O8P2/c1-6-34-27-18-16-23(44(38,39)40)21-25(27)32(2,3)29(34)13-9-7-10-14-30-33(4,5)26-22-24(45(41,42)43)17-19-28(26)35(30)20-12-8-11-15-31(36)37;1-6-32-25-16-14-21(42(36,37)38)19-23(25)30(2,3)27(32)11-10-12-28-31(4,5)24-20-22(43(39,40)41)15-17-26(24)33(28)18-9-7-8-13-29(34)35/h7,9-10,13-14,16-19,21-22H,6,8,11-12,15,20H2,1-5H3,(H4-,36,37,38,39,40,41,42,43);10-12,14-17,19-20H,6-9,13,18H2,1-5H3,(H4-,34,35,36,37,38,39,40,41). The summed E-state index contributed by atoms with van der Waals surface area (Å²) in [4.78, 5) is 108. The highest BCUT2D eigenvalue weighted by molar-refractivity contribution is 7.60. The first-order valence-electron chi connectivity index (χ1n) is 29.3. The minimum Gasteiger partial charge on any atom is -0.775 e. The van der Waals surface area contributed by atoms with Crippen LogP contribution in [-0.4, -0.2) is 98.3 Å². The number of benzene rings is 4. The molecule has 0 saturated heterocycles. The van der Waals surface area contributed by atoms with Crippen LogP contribution >= 0.6 is 30.4 Å². The van der Waals surface area contributed by atoms with Gasteiger partial charge in [0.2, 0.25) is 11.4 Å². The normalized spacial score (nSPS) is 19.6. The van der Waals surface area contributed by atoms with Gasteiger partial charge in [0.05, 0.1) is 21.4 Å². The molecule has 2 unspecified atom stereocenters. The Morgan fingerprint density at radius 2 is 0.818 bits per heavy atom. The van der Waals surface area contributed by atoms with E-state index in [4.69, 9.17) is 10.2 Å². The number of allylic oxidation sites excluding steroid dienone is 10. The fourth-order valence-corrected chi connectivity index (χ4v) is 14.8. The van der Waals surface area contributed by atoms with Gasteiger partial charge in [-0.1, -0.05) is 52.0 Å². The summed E-state index contributed by atoms with van der Waals surface area (Å²) >= 11 is 0. The number of nitrogens with zero attached hydrogens (tertiary/aromatic N) is 4. The molecule has 4 aliphatic heterocycles. The molecule has 0 spiro atoms. The van der Waals surface area contributed by atoms with Crippen molar-refractivity contribution >= 4 is 97.7 Å². The molecule has 20 nitrogen and oxygen atoms in total. The van der Waals surface area contributed by atoms with Crippen molar-refractivity contribution in [3.63, 3.8) is 0 Å². The second-order valence-corrected chi connectivity index (χ2v) is 30.9. The summed E-state index contributed by atoms with van der Waals surface area (Å²) in [5.41, 5.74) is 8.35. The number of likely N-dealkylation sites (N-methyl/N-ethyl adjacent to an activating group) is 2. The Balaban J connectivity index is 0.000000251. The number of fused-ring (bicyclic) bond motifs is 4. The molecule has 0 saturated carbocycles. The second-order valence-electron chi connectivity index (χ2n) is 24.6. The molecule has 0 fully saturated rings. The second kappa shape index (κ2) is 26.5. The van der Waals surface area contributed by atoms with Crippen LogP contribution in [0, 0.1) is 0 Å². The lowest BCUT2D eigenvalue weighted by Crippen LogP contribution is -2.28. The molecule has 8 rings (SSSR count). The van der Waals surface area contributed by atoms with E-state index in [0.29, 0.717) is 39.0 Å². The summed E-state index contributed by atoms with van der Waals surface area (Å²) in [5, 5.41) is 17.7. The molecule has 0 aromatic heterocycles. The summed E-state index contributed by atoms with van der Waals surface area (Å²) in [5.74, 6) is -1.65. The largest absolute Gasteiger partial charge is 0.775 e. The van der Waals surface area contributed by atoms with Gasteiger partial charge < -0.3 is 68.3 Å². The van der Waals surface area contributed by atoms with E-state index in [-0.39, 0.29) is 34.1 Å². The van der Waals surface area contributed by atoms with E-state index in [2.05, 4.69) is 19.0 Å². The maximum atomic E-state index is 12.1. The SMILES string of the molecule is CCN1/C(=C/C=C/C2=[N+](CCCCCC(=O)O)c3ccc(P(=O)(O)O)cc3C2(C)C)C(C)(C)c2cc(P(=O)([O-])O)ccc21.CCN1/C(=C/C=C/C=C/C2=[N+](CCCCCC(=O)O)c3ccc(P(=O)(O)O)cc3C2(C)C)C(C)(C)c2cc(P(=O)([O-])O)ccc21. The van der Waals surface area contributed by atoms with Crippen molar-refractivity contribution in [1.29, 1.82) is 0 Å². The highest BCUT2D eigenvalue weighted by Crippen LogP contribution is 2.51. The average Bonchev–Trinajstić information content (AvgIpc) is 1.74. The van der Waals surface area contributed by atoms with Gasteiger partial charge >= 0.3 is 27.1 Å². The van der Waals surface area contributed by atoms with Gasteiger partial charge in [0, 0.05) is 118 Å². The van der Waals surface area contributed by atoms with Crippen LogP contribution in [0.25, 0.3) is 0 Å². The van der Waals surface area contributed by atoms with E-state index >= 15 is 0 Å². The lowest BCUT2D eigenvalue weighted by molar-refractivity contribution is -0.438. The number of carbonyl (C=O) groups is 2. The van der Waals surface area contributed by atoms with E-state index in [1.807, 2.05) is 118 Å². The van der Waals surface area contributed by atoms with Crippen molar-refractivity contribution in [1.82, 2.24) is 0 Å². The third-order valence-electron chi connectivity index (χ3n) is 17.2. The zero-order chi connectivity index (χ0) is 65.3. The number of unbranched alkanes of at least 4 members (excludes halogenated alkanes) is 4. The summed E-state index contributed by atoms with van der Waals surface area (Å²) in [6.45, 7) is 22.7. The predicted molar refractivity (Wildman–Crippen MR) is 342 cm³/mol. The van der Waals surface area contributed by atoms with Crippen LogP contribution in [0.1, 0.15) is 143 Å². The first-order valence-corrected chi connectivity index (χ1v) is 35.7. The molecule has 4 aromatic carbocycles. The molecule has 24 heteroatoms. The Bertz CT molecular complexity index is 3830. The number of rotatable bonds is 23. The van der Waals surface area contributed by atoms with Crippen LogP contribution in [0.2, 0.25) is 0 Å². The maximum absolute atomic E-state index is 12.1. The van der Waals surface area contributed by atoms with Crippen molar-refractivity contribution in [3.05, 3.63) is 155 Å². The predicted octanol–water partition coefficient (Wildman–Crippen LogP) is 8.44. The summed E-state index contributed by atoms with van der Waals surface area (Å²) in [6.07, 6.45) is 20.0. The molecule has 8 N–H and O–H groups in total. The van der Waals surface area contributed by atoms with Gasteiger partial charge in [-0.15, -0.1) is 0 Å². The van der Waals surface area contributed by atoms with Crippen molar-refractivity contribution in [3.8, 4) is 0 Å². The first-order chi connectivity index (χ1) is 40.8. The molecule has 0 bridgehead atoms. The molecule has 4 heterocycles. The van der Waals surface area contributed by atoms with E-state index in [9.17, 15) is 67.0 Å². The van der Waals surface area contributed by atoms with Crippen LogP contribution in [0.4, 0.5) is 22.7 Å². The van der Waals surface area contributed by atoms with Gasteiger partial charge in [0.25, 0.3) is 0 Å². The average molecular weight is 1290 g/mol. The van der Waals surface area contributed by atoms with Gasteiger partial charge in [-0.3, -0.25) is 18.7 Å². The number of hydrogen-bond acceptors (Lipinski definition) is 10. The van der Waals surface area contributed by atoms with Crippen LogP contribution in [0.15, 0.2) is 133 Å². The van der Waals surface area contributed by atoms with Crippen LogP contribution in [-0.2, 0) is 49.5 Å². The lowest BCUT2D eigenvalue weighted by atomic mass is 9.81. The monoisotopic (exact) mass is 1290 g/mol. The Kier molecular flexibility index (Phi) is 20.9. The van der Waals surface area contributed by atoms with Gasteiger partial charge in [-0.05, 0) is 151 Å². The quantitative estimate of drug-likeness (QED) is 0.0149.